The van der Waals surface area contributed by atoms with Gasteiger partial charge in [-0.3, -0.25) is 9.98 Å². The van der Waals surface area contributed by atoms with Gasteiger partial charge in [0.2, 0.25) is 0 Å². The van der Waals surface area contributed by atoms with Crippen molar-refractivity contribution in [1.29, 1.82) is 0 Å². The predicted molar refractivity (Wildman–Crippen MR) is 102 cm³/mol. The molecule has 0 aliphatic heterocycles. The lowest BCUT2D eigenvalue weighted by atomic mass is 10.2. The molecule has 0 bridgehead atoms. The second kappa shape index (κ2) is 11.0. The molecule has 1 aromatic rings. The molecule has 0 saturated heterocycles. The molecule has 0 saturated carbocycles. The van der Waals surface area contributed by atoms with E-state index in [1.807, 2.05) is 39.0 Å². The number of pyridine rings is 1. The Hall–Kier alpha value is -1.58. The summed E-state index contributed by atoms with van der Waals surface area (Å²) in [6.45, 7) is 6.91. The average molecular weight is 435 g/mol. The Balaban J connectivity index is 0.00000484. The molecule has 8 heteroatoms. The second-order valence-electron chi connectivity index (χ2n) is 5.69. The zero-order valence-electron chi connectivity index (χ0n) is 13.8. The lowest BCUT2D eigenvalue weighted by Crippen LogP contribution is -2.40. The first-order valence-electron chi connectivity index (χ1n) is 7.27. The van der Waals surface area contributed by atoms with Gasteiger partial charge in [0.15, 0.2) is 5.96 Å². The molecular formula is C15H26IN5O2. The maximum Gasteiger partial charge on any atom is 0.407 e. The van der Waals surface area contributed by atoms with E-state index in [4.69, 9.17) is 10.5 Å². The third-order valence-corrected chi connectivity index (χ3v) is 2.48. The minimum absolute atomic E-state index is 0. The van der Waals surface area contributed by atoms with Crippen molar-refractivity contribution in [1.82, 2.24) is 15.6 Å². The van der Waals surface area contributed by atoms with Crippen molar-refractivity contribution < 1.29 is 9.53 Å². The minimum atomic E-state index is -0.497. The number of amides is 1. The third kappa shape index (κ3) is 11.6. The van der Waals surface area contributed by atoms with Crippen LogP contribution in [0.3, 0.4) is 0 Å². The Bertz CT molecular complexity index is 488. The number of nitrogens with one attached hydrogen (secondary N) is 2. The van der Waals surface area contributed by atoms with E-state index < -0.39 is 11.7 Å². The first kappa shape index (κ1) is 21.4. The molecular weight excluding hydrogens is 409 g/mol. The van der Waals surface area contributed by atoms with Crippen LogP contribution in [0, 0.1) is 0 Å². The number of carbonyl (C=O) groups is 1. The second-order valence-corrected chi connectivity index (χ2v) is 5.69. The summed E-state index contributed by atoms with van der Waals surface area (Å²) < 4.78 is 5.11. The molecule has 23 heavy (non-hydrogen) atoms. The van der Waals surface area contributed by atoms with Crippen LogP contribution in [-0.4, -0.2) is 42.3 Å². The molecule has 0 aliphatic rings. The molecule has 0 spiro atoms. The maximum absolute atomic E-state index is 11.4. The summed E-state index contributed by atoms with van der Waals surface area (Å²) >= 11 is 0. The van der Waals surface area contributed by atoms with Crippen LogP contribution in [0.5, 0.6) is 0 Å². The van der Waals surface area contributed by atoms with Crippen molar-refractivity contribution in [2.75, 3.05) is 19.6 Å². The van der Waals surface area contributed by atoms with Crippen LogP contribution in [0.2, 0.25) is 0 Å². The van der Waals surface area contributed by atoms with Crippen molar-refractivity contribution in [3.05, 3.63) is 30.1 Å². The van der Waals surface area contributed by atoms with E-state index in [9.17, 15) is 4.79 Å². The summed E-state index contributed by atoms with van der Waals surface area (Å²) in [5.41, 5.74) is 6.21. The van der Waals surface area contributed by atoms with Gasteiger partial charge in [-0.1, -0.05) is 6.07 Å². The van der Waals surface area contributed by atoms with E-state index in [0.717, 1.165) is 12.1 Å². The smallest absolute Gasteiger partial charge is 0.407 e. The molecule has 130 valence electrons. The molecule has 0 fully saturated rings. The Kier molecular flexibility index (Phi) is 10.3. The average Bonchev–Trinajstić information content (AvgIpc) is 2.43. The molecule has 4 N–H and O–H groups in total. The van der Waals surface area contributed by atoms with Crippen LogP contribution >= 0.6 is 24.0 Å². The van der Waals surface area contributed by atoms with Crippen molar-refractivity contribution in [3.8, 4) is 0 Å². The van der Waals surface area contributed by atoms with Crippen LogP contribution in [0.1, 0.15) is 26.5 Å². The monoisotopic (exact) mass is 435 g/mol. The minimum Gasteiger partial charge on any atom is -0.444 e. The topological polar surface area (TPSA) is 102 Å². The molecule has 7 nitrogen and oxygen atoms in total. The van der Waals surface area contributed by atoms with Crippen LogP contribution in [0.25, 0.3) is 0 Å². The molecule has 1 rings (SSSR count). The number of ether oxygens (including phenoxy) is 1. The lowest BCUT2D eigenvalue weighted by Gasteiger charge is -2.19. The summed E-state index contributed by atoms with van der Waals surface area (Å²) in [4.78, 5) is 19.8. The van der Waals surface area contributed by atoms with Gasteiger partial charge in [0.1, 0.15) is 5.60 Å². The van der Waals surface area contributed by atoms with E-state index in [0.29, 0.717) is 25.6 Å². The highest BCUT2D eigenvalue weighted by Gasteiger charge is 2.15. The van der Waals surface area contributed by atoms with Crippen LogP contribution in [-0.2, 0) is 11.2 Å². The van der Waals surface area contributed by atoms with Crippen LogP contribution in [0.15, 0.2) is 29.4 Å². The molecule has 0 aliphatic carbocycles. The zero-order valence-corrected chi connectivity index (χ0v) is 16.2. The Morgan fingerprint density at radius 2 is 2.00 bits per heavy atom. The number of rotatable bonds is 6. The molecule has 1 aromatic heterocycles. The third-order valence-electron chi connectivity index (χ3n) is 2.48. The standard InChI is InChI=1S/C15H25N5O2.HI/c1-15(2,3)22-14(21)20-11-10-19-13(16)18-9-7-12-6-4-5-8-17-12;/h4-6,8H,7,9-11H2,1-3H3,(H,20,21)(H3,16,18,19);1H. The van der Waals surface area contributed by atoms with Crippen molar-refractivity contribution >= 4 is 36.0 Å². The fourth-order valence-electron chi connectivity index (χ4n) is 1.56. The molecule has 0 radical (unpaired) electrons. The van der Waals surface area contributed by atoms with Gasteiger partial charge in [0, 0.05) is 37.9 Å². The quantitative estimate of drug-likeness (QED) is 0.273. The van der Waals surface area contributed by atoms with Crippen LogP contribution < -0.4 is 16.4 Å². The molecule has 0 unspecified atom stereocenters. The number of halogens is 1. The van der Waals surface area contributed by atoms with Crippen molar-refractivity contribution in [2.45, 2.75) is 32.8 Å². The maximum atomic E-state index is 11.4. The summed E-state index contributed by atoms with van der Waals surface area (Å²) in [7, 11) is 0. The fourth-order valence-corrected chi connectivity index (χ4v) is 1.56. The zero-order chi connectivity index (χ0) is 16.4. The highest BCUT2D eigenvalue weighted by atomic mass is 127. The Morgan fingerprint density at radius 3 is 2.61 bits per heavy atom. The van der Waals surface area contributed by atoms with Crippen molar-refractivity contribution in [3.63, 3.8) is 0 Å². The normalized spacial score (nSPS) is 11.3. The summed E-state index contributed by atoms with van der Waals surface area (Å²) in [6, 6.07) is 5.76. The van der Waals surface area contributed by atoms with E-state index in [1.165, 1.54) is 0 Å². The van der Waals surface area contributed by atoms with Crippen LogP contribution in [0.4, 0.5) is 4.79 Å². The number of hydrogen-bond acceptors (Lipinski definition) is 4. The molecule has 0 aromatic carbocycles. The van der Waals surface area contributed by atoms with Crippen molar-refractivity contribution in [2.24, 2.45) is 10.7 Å². The summed E-state index contributed by atoms with van der Waals surface area (Å²) in [5.74, 6) is 0.349. The van der Waals surface area contributed by atoms with E-state index in [-0.39, 0.29) is 24.0 Å². The number of aromatic nitrogens is 1. The fraction of sp³-hybridized carbons (Fsp3) is 0.533. The number of hydrogen-bond donors (Lipinski definition) is 3. The highest BCUT2D eigenvalue weighted by Crippen LogP contribution is 2.05. The van der Waals surface area contributed by atoms with Gasteiger partial charge in [0.25, 0.3) is 0 Å². The SMILES string of the molecule is CC(C)(C)OC(=O)NCCNC(N)=NCCc1ccccn1.I. The van der Waals surface area contributed by atoms with Gasteiger partial charge in [0.05, 0.1) is 0 Å². The molecule has 1 heterocycles. The first-order chi connectivity index (χ1) is 10.4. The van der Waals surface area contributed by atoms with Gasteiger partial charge in [-0.15, -0.1) is 24.0 Å². The van der Waals surface area contributed by atoms with Gasteiger partial charge in [-0.05, 0) is 32.9 Å². The Morgan fingerprint density at radius 1 is 1.30 bits per heavy atom. The molecule has 1 amide bonds. The lowest BCUT2D eigenvalue weighted by molar-refractivity contribution is 0.0529. The van der Waals surface area contributed by atoms with E-state index in [1.54, 1.807) is 6.20 Å². The number of nitrogens with two attached hydrogens (primary N) is 1. The van der Waals surface area contributed by atoms with E-state index in [2.05, 4.69) is 20.6 Å². The van der Waals surface area contributed by atoms with Gasteiger partial charge < -0.3 is 21.1 Å². The highest BCUT2D eigenvalue weighted by molar-refractivity contribution is 14.0. The number of alkyl carbamates (subject to hydrolysis) is 1. The number of aliphatic imine (C=N–C) groups is 1. The number of guanidine groups is 1. The summed E-state index contributed by atoms with van der Waals surface area (Å²) in [5, 5.41) is 5.56. The van der Waals surface area contributed by atoms with Gasteiger partial charge >= 0.3 is 6.09 Å². The van der Waals surface area contributed by atoms with Gasteiger partial charge in [-0.25, -0.2) is 4.79 Å². The largest absolute Gasteiger partial charge is 0.444 e. The predicted octanol–water partition coefficient (Wildman–Crippen LogP) is 1.67. The Labute approximate surface area is 154 Å². The first-order valence-corrected chi connectivity index (χ1v) is 7.27. The number of carbonyl (C=O) groups excluding carboxylic acids is 1. The molecule has 0 atom stereocenters. The number of nitrogens with zero attached hydrogens (tertiary/aromatic N) is 2. The van der Waals surface area contributed by atoms with E-state index >= 15 is 0 Å². The van der Waals surface area contributed by atoms with Gasteiger partial charge in [-0.2, -0.15) is 0 Å². The summed E-state index contributed by atoms with van der Waals surface area (Å²) in [6.07, 6.45) is 2.04.